The van der Waals surface area contributed by atoms with Crippen molar-refractivity contribution >= 4 is 126 Å². The fraction of sp³-hybridized carbons (Fsp3) is 0.223. The van der Waals surface area contributed by atoms with E-state index in [1.165, 1.54) is 81.9 Å². The Balaban J connectivity index is 0.000000118. The highest BCUT2D eigenvalue weighted by Gasteiger charge is 2.23. The van der Waals surface area contributed by atoms with Gasteiger partial charge in [0.15, 0.2) is 0 Å². The predicted molar refractivity (Wildman–Crippen MR) is 510 cm³/mol. The molecule has 0 unspecified atom stereocenters. The Morgan fingerprint density at radius 3 is 1.19 bits per heavy atom. The minimum absolute atomic E-state index is 0.0252. The Bertz CT molecular complexity index is 6190. The van der Waals surface area contributed by atoms with Crippen molar-refractivity contribution < 1.29 is 19.3 Å². The average molecular weight is 1690 g/mol. The summed E-state index contributed by atoms with van der Waals surface area (Å²) in [6.07, 6.45) is 16.9. The highest BCUT2D eigenvalue weighted by molar-refractivity contribution is 7.99. The van der Waals surface area contributed by atoms with Crippen molar-refractivity contribution in [3.8, 4) is 23.0 Å². The molecule has 0 bridgehead atoms. The number of nitrogens with zero attached hydrogens (tertiary/aromatic N) is 8. The number of rotatable bonds is 27. The topological polar surface area (TPSA) is 247 Å². The maximum atomic E-state index is 9.69. The third-order valence-corrected chi connectivity index (χ3v) is 24.7. The van der Waals surface area contributed by atoms with Gasteiger partial charge in [-0.15, -0.1) is 0 Å². The average Bonchev–Trinajstić information content (AvgIpc) is 1.20. The number of fused-ring (bicyclic) bond motifs is 4. The molecule has 4 fully saturated rings. The Morgan fingerprint density at radius 1 is 0.312 bits per heavy atom. The number of nitrogens with one attached hydrogen (secondary N) is 8. The molecule has 22 heteroatoms. The molecule has 4 aliphatic rings. The van der Waals surface area contributed by atoms with Crippen LogP contribution in [0.4, 0.5) is 58.4 Å². The number of aliphatic hydroxyl groups excluding tert-OH is 1. The van der Waals surface area contributed by atoms with Crippen molar-refractivity contribution in [1.29, 1.82) is 0 Å². The van der Waals surface area contributed by atoms with Crippen molar-refractivity contribution in [3.05, 3.63) is 326 Å². The van der Waals surface area contributed by atoms with E-state index >= 15 is 0 Å². The molecule has 125 heavy (non-hydrogen) atoms. The highest BCUT2D eigenvalue weighted by atomic mass is 32.2. The van der Waals surface area contributed by atoms with E-state index in [-0.39, 0.29) is 6.61 Å². The number of anilines is 10. The third-order valence-electron chi connectivity index (χ3n) is 22.4. The third kappa shape index (κ3) is 23.3. The molecule has 12 aromatic carbocycles. The minimum atomic E-state index is 0.0252. The van der Waals surface area contributed by atoms with Crippen LogP contribution >= 0.6 is 23.5 Å². The zero-order chi connectivity index (χ0) is 84.4. The highest BCUT2D eigenvalue weighted by Crippen LogP contribution is 2.39. The second-order valence-corrected chi connectivity index (χ2v) is 33.6. The largest absolute Gasteiger partial charge is 0.457 e. The smallest absolute Gasteiger partial charge is 0.229 e. The lowest BCUT2D eigenvalue weighted by Crippen LogP contribution is -2.28. The lowest BCUT2D eigenvalue weighted by molar-refractivity contribution is 0.0904. The van der Waals surface area contributed by atoms with E-state index in [1.54, 1.807) is 23.5 Å². The fourth-order valence-corrected chi connectivity index (χ4v) is 17.9. The van der Waals surface area contributed by atoms with E-state index in [0.717, 1.165) is 159 Å². The summed E-state index contributed by atoms with van der Waals surface area (Å²) in [5.74, 6) is 9.29. The zero-order valence-electron chi connectivity index (χ0n) is 69.8. The molecule has 4 aromatic heterocycles. The Kier molecular flexibility index (Phi) is 28.6. The molecule has 0 atom stereocenters. The van der Waals surface area contributed by atoms with Gasteiger partial charge in [0.05, 0.1) is 34.4 Å². The maximum Gasteiger partial charge on any atom is 0.229 e. The first-order chi connectivity index (χ1) is 61.8. The summed E-state index contributed by atoms with van der Waals surface area (Å²) in [6, 6.07) is 105. The summed E-state index contributed by atoms with van der Waals surface area (Å²) in [4.78, 5) is 42.8. The number of benzene rings is 12. The predicted octanol–water partition coefficient (Wildman–Crippen LogP) is 25.3. The van der Waals surface area contributed by atoms with Crippen LogP contribution in [0, 0.1) is 0 Å². The van der Waals surface area contributed by atoms with Crippen LogP contribution in [-0.4, -0.2) is 82.4 Å². The molecule has 20 rings (SSSR count). The van der Waals surface area contributed by atoms with Crippen LogP contribution in [0.2, 0.25) is 0 Å². The second kappa shape index (κ2) is 42.6. The fourth-order valence-electron chi connectivity index (χ4n) is 15.9. The first-order valence-electron chi connectivity index (χ1n) is 43.5. The lowest BCUT2D eigenvalue weighted by Gasteiger charge is -2.24. The number of aliphatic hydroxyl groups is 1. The Labute approximate surface area is 738 Å². The van der Waals surface area contributed by atoms with Gasteiger partial charge in [0.2, 0.25) is 23.8 Å². The van der Waals surface area contributed by atoms with Crippen molar-refractivity contribution in [1.82, 2.24) is 39.9 Å². The quantitative estimate of drug-likeness (QED) is 0.0232. The van der Waals surface area contributed by atoms with Gasteiger partial charge in [-0.1, -0.05) is 226 Å². The van der Waals surface area contributed by atoms with Crippen LogP contribution < -0.4 is 52.0 Å². The molecule has 3 aliphatic carbocycles. The van der Waals surface area contributed by atoms with Gasteiger partial charge in [-0.25, -0.2) is 19.9 Å². The number of ether oxygens (including phenoxy) is 3. The SMILES string of the molecule is OCc1ccccc1Sc1ccccc1CNc1nc(NC2CCOCC2)c2ccccc2n1.c1ccc(Oc2ccc(Nc3nc(NC4CCCC4)c4ccccc4n3)cc2)cc1.c1ccc(Oc2cccc(CNc3nc(NC4CCCC4)c4ccccc4n3)c2)cc1.c1ccc(Sc2ccccc2Nc2nc(NC3CCCC3)c3ccccc3n2)cc1. The zero-order valence-corrected chi connectivity index (χ0v) is 71.4. The van der Waals surface area contributed by atoms with Gasteiger partial charge in [0, 0.05) is 97.3 Å². The van der Waals surface area contributed by atoms with Gasteiger partial charge in [-0.05, 0) is 214 Å². The van der Waals surface area contributed by atoms with Gasteiger partial charge < -0.3 is 61.9 Å². The van der Waals surface area contributed by atoms with Crippen LogP contribution in [0.25, 0.3) is 43.6 Å². The number of hydrogen-bond acceptors (Lipinski definition) is 22. The minimum Gasteiger partial charge on any atom is -0.457 e. The first kappa shape index (κ1) is 83.9. The van der Waals surface area contributed by atoms with Crippen LogP contribution in [0.3, 0.4) is 0 Å². The van der Waals surface area contributed by atoms with Crippen LogP contribution in [-0.2, 0) is 24.4 Å². The summed E-state index contributed by atoms with van der Waals surface area (Å²) in [5, 5.41) is 42.1. The second-order valence-electron chi connectivity index (χ2n) is 31.4. The molecular weight excluding hydrogens is 1590 g/mol. The van der Waals surface area contributed by atoms with E-state index in [2.05, 4.69) is 127 Å². The van der Waals surface area contributed by atoms with E-state index in [1.807, 2.05) is 224 Å². The van der Waals surface area contributed by atoms with Crippen molar-refractivity contribution in [3.63, 3.8) is 0 Å². The molecule has 20 nitrogen and oxygen atoms in total. The van der Waals surface area contributed by atoms with Crippen molar-refractivity contribution in [2.75, 3.05) is 55.7 Å². The van der Waals surface area contributed by atoms with Gasteiger partial charge >= 0.3 is 0 Å². The normalized spacial score (nSPS) is 14.1. The van der Waals surface area contributed by atoms with Gasteiger partial charge in [-0.2, -0.15) is 19.9 Å². The Hall–Kier alpha value is -13.4. The molecular formula is C103H102N16O4S2. The molecule has 3 saturated carbocycles. The molecule has 1 aliphatic heterocycles. The van der Waals surface area contributed by atoms with Crippen LogP contribution in [0.1, 0.15) is 107 Å². The summed E-state index contributed by atoms with van der Waals surface area (Å²) < 4.78 is 17.3. The van der Waals surface area contributed by atoms with E-state index in [0.29, 0.717) is 61.1 Å². The standard InChI is InChI=1S/C27H28N4O2S.C26H26N4O.C25H24N4O.C25H24N4S/c32-18-20-8-2-6-12-25(20)34-24-11-5-1-7-19(24)17-28-27-30-23-10-4-3-9-22(23)26(31-27)29-21-13-15-33-16-14-21;1-2-12-21(13-3-1)31-22-14-8-9-19(17-22)18-27-26-29-24-16-7-6-15-23(24)25(30-26)28-20-10-4-5-11-20;1-2-10-20(11-3-1)30-21-16-14-19(15-17-21)27-25-28-23-13-7-6-12-22(23)24(29-25)26-18-8-4-5-9-18;1-2-12-19(13-3-1)30-23-17-9-8-16-22(23)28-25-27-21-15-7-6-14-20(21)24(29-25)26-18-10-4-5-11-18/h1-12,21,32H,13-18H2,(H2,28,29,30,31);1-3,6-9,12-17,20H,4-5,10-11,18H2,(H2,27,28,29,30);1-3,6-7,10-18H,4-5,8-9H2,(H2,26,27,28,29);1-3,6-9,12-18H,4-5,10-11H2,(H2,26,27,28,29). The van der Waals surface area contributed by atoms with E-state index in [9.17, 15) is 5.11 Å². The molecule has 0 radical (unpaired) electrons. The van der Waals surface area contributed by atoms with Gasteiger partial charge in [0.1, 0.15) is 46.3 Å². The van der Waals surface area contributed by atoms with Gasteiger partial charge in [0.25, 0.3) is 0 Å². The van der Waals surface area contributed by atoms with E-state index < -0.39 is 0 Å². The number of aromatic nitrogens is 8. The van der Waals surface area contributed by atoms with Gasteiger partial charge in [-0.3, -0.25) is 0 Å². The molecule has 9 N–H and O–H groups in total. The molecule has 5 heterocycles. The maximum absolute atomic E-state index is 9.69. The van der Waals surface area contributed by atoms with Crippen molar-refractivity contribution in [2.45, 2.75) is 153 Å². The van der Waals surface area contributed by atoms with E-state index in [4.69, 9.17) is 54.1 Å². The summed E-state index contributed by atoms with van der Waals surface area (Å²) in [7, 11) is 0. The molecule has 0 spiro atoms. The first-order valence-corrected chi connectivity index (χ1v) is 45.1. The van der Waals surface area contributed by atoms with Crippen LogP contribution in [0.15, 0.2) is 329 Å². The monoisotopic (exact) mass is 1690 g/mol. The van der Waals surface area contributed by atoms with Crippen LogP contribution in [0.5, 0.6) is 23.0 Å². The molecule has 16 aromatic rings. The van der Waals surface area contributed by atoms with Crippen molar-refractivity contribution in [2.24, 2.45) is 0 Å². The molecule has 1 saturated heterocycles. The molecule has 630 valence electrons. The summed E-state index contributed by atoms with van der Waals surface area (Å²) >= 11 is 3.40. The lowest BCUT2D eigenvalue weighted by atomic mass is 10.1. The summed E-state index contributed by atoms with van der Waals surface area (Å²) in [6.45, 7) is 2.80. The molecule has 0 amide bonds. The number of para-hydroxylation sites is 7. The Morgan fingerprint density at radius 2 is 0.688 bits per heavy atom. The summed E-state index contributed by atoms with van der Waals surface area (Å²) in [5.41, 5.74) is 8.84. The number of hydrogen-bond donors (Lipinski definition) is 9.